The minimum Gasteiger partial charge on any atom is -0.454 e. The van der Waals surface area contributed by atoms with Gasteiger partial charge in [0.05, 0.1) is 6.04 Å². The molecule has 2 aromatic rings. The molecule has 0 fully saturated rings. The lowest BCUT2D eigenvalue weighted by molar-refractivity contribution is 0.101. The molecule has 4 nitrogen and oxygen atoms in total. The first kappa shape index (κ1) is 16.2. The van der Waals surface area contributed by atoms with Crippen LogP contribution in [0.1, 0.15) is 46.8 Å². The van der Waals surface area contributed by atoms with Crippen molar-refractivity contribution >= 4 is 34.1 Å². The predicted molar refractivity (Wildman–Crippen MR) is 108 cm³/mol. The van der Waals surface area contributed by atoms with Crippen molar-refractivity contribution in [1.82, 2.24) is 0 Å². The van der Waals surface area contributed by atoms with E-state index in [1.54, 1.807) is 6.92 Å². The minimum absolute atomic E-state index is 0.110. The van der Waals surface area contributed by atoms with E-state index in [4.69, 9.17) is 9.47 Å². The summed E-state index contributed by atoms with van der Waals surface area (Å²) in [7, 11) is 0. The van der Waals surface area contributed by atoms with Crippen molar-refractivity contribution in [3.05, 3.63) is 62.7 Å². The van der Waals surface area contributed by atoms with E-state index in [1.807, 2.05) is 12.1 Å². The zero-order valence-electron chi connectivity index (χ0n) is 14.3. The first-order valence-electron chi connectivity index (χ1n) is 8.79. The lowest BCUT2D eigenvalue weighted by Gasteiger charge is -2.38. The van der Waals surface area contributed by atoms with Crippen LogP contribution in [0.5, 0.6) is 11.5 Å². The number of hydrogen-bond donors (Lipinski definition) is 1. The smallest absolute Gasteiger partial charge is 0.231 e. The van der Waals surface area contributed by atoms with E-state index in [1.165, 1.54) is 14.7 Å². The molecule has 0 bridgehead atoms. The topological polar surface area (TPSA) is 47.6 Å². The fourth-order valence-electron chi connectivity index (χ4n) is 4.29. The maximum Gasteiger partial charge on any atom is 0.231 e. The number of rotatable bonds is 2. The number of ether oxygens (including phenoxy) is 2. The van der Waals surface area contributed by atoms with Crippen LogP contribution in [0.4, 0.5) is 5.69 Å². The molecule has 3 aliphatic rings. The molecule has 2 heterocycles. The van der Waals surface area contributed by atoms with Crippen LogP contribution >= 0.6 is 22.6 Å². The van der Waals surface area contributed by atoms with Crippen LogP contribution in [0.2, 0.25) is 0 Å². The summed E-state index contributed by atoms with van der Waals surface area (Å²) in [6.07, 6.45) is 5.58. The number of halogens is 1. The van der Waals surface area contributed by atoms with E-state index in [2.05, 4.69) is 58.3 Å². The van der Waals surface area contributed by atoms with Crippen LogP contribution in [-0.4, -0.2) is 12.6 Å². The Morgan fingerprint density at radius 1 is 1.15 bits per heavy atom. The zero-order valence-corrected chi connectivity index (χ0v) is 16.4. The van der Waals surface area contributed by atoms with Gasteiger partial charge in [-0.1, -0.05) is 12.2 Å². The Balaban J connectivity index is 1.59. The van der Waals surface area contributed by atoms with Gasteiger partial charge in [-0.2, -0.15) is 0 Å². The van der Waals surface area contributed by atoms with Gasteiger partial charge in [0.25, 0.3) is 0 Å². The lowest BCUT2D eigenvalue weighted by Crippen LogP contribution is -2.29. The van der Waals surface area contributed by atoms with E-state index >= 15 is 0 Å². The standard InChI is InChI=1S/C21H18INO3/c1-11(24)12-5-6-18-15(7-12)13-3-2-4-14(13)21(23-18)16-8-19-20(9-17(16)22)26-10-25-19/h2-3,5-9,13-14,21,23H,4,10H2,1H3/t13-,14+,21-/m1/s1. The lowest BCUT2D eigenvalue weighted by atomic mass is 9.76. The number of ketones is 1. The second-order valence-corrected chi connectivity index (χ2v) is 8.22. The van der Waals surface area contributed by atoms with Crippen LogP contribution in [0.25, 0.3) is 0 Å². The second-order valence-electron chi connectivity index (χ2n) is 7.06. The van der Waals surface area contributed by atoms with Gasteiger partial charge in [-0.05, 0) is 83.3 Å². The number of anilines is 1. The Labute approximate surface area is 165 Å². The highest BCUT2D eigenvalue weighted by atomic mass is 127. The number of benzene rings is 2. The molecule has 2 aromatic carbocycles. The molecule has 5 rings (SSSR count). The summed E-state index contributed by atoms with van der Waals surface area (Å²) in [6.45, 7) is 1.91. The summed E-state index contributed by atoms with van der Waals surface area (Å²) in [4.78, 5) is 11.8. The van der Waals surface area contributed by atoms with E-state index < -0.39 is 0 Å². The summed E-state index contributed by atoms with van der Waals surface area (Å²) in [5.41, 5.74) is 4.36. The minimum atomic E-state index is 0.110. The van der Waals surface area contributed by atoms with E-state index in [9.17, 15) is 4.79 Å². The summed E-state index contributed by atoms with van der Waals surface area (Å²) in [6, 6.07) is 10.4. The number of allylic oxidation sites excluding steroid dienone is 2. The average Bonchev–Trinajstić information content (AvgIpc) is 3.29. The Morgan fingerprint density at radius 2 is 1.96 bits per heavy atom. The number of Topliss-reactive ketones (excluding diaryl/α,β-unsaturated/α-hetero) is 1. The van der Waals surface area contributed by atoms with E-state index in [0.29, 0.717) is 11.8 Å². The summed E-state index contributed by atoms with van der Waals surface area (Å²) in [5.74, 6) is 2.51. The molecule has 3 atom stereocenters. The summed E-state index contributed by atoms with van der Waals surface area (Å²) in [5, 5.41) is 3.73. The van der Waals surface area contributed by atoms with Gasteiger partial charge in [-0.25, -0.2) is 0 Å². The van der Waals surface area contributed by atoms with Crippen molar-refractivity contribution in [2.45, 2.75) is 25.3 Å². The maximum atomic E-state index is 11.8. The van der Waals surface area contributed by atoms with Crippen molar-refractivity contribution < 1.29 is 14.3 Å². The quantitative estimate of drug-likeness (QED) is 0.388. The van der Waals surface area contributed by atoms with Gasteiger partial charge in [-0.15, -0.1) is 0 Å². The van der Waals surface area contributed by atoms with Crippen LogP contribution in [0.15, 0.2) is 42.5 Å². The van der Waals surface area contributed by atoms with Crippen LogP contribution in [0.3, 0.4) is 0 Å². The van der Waals surface area contributed by atoms with Crippen LogP contribution < -0.4 is 14.8 Å². The molecule has 0 saturated heterocycles. The highest BCUT2D eigenvalue weighted by molar-refractivity contribution is 14.1. The molecule has 26 heavy (non-hydrogen) atoms. The fourth-order valence-corrected chi connectivity index (χ4v) is 5.07. The van der Waals surface area contributed by atoms with Crippen molar-refractivity contribution in [1.29, 1.82) is 0 Å². The van der Waals surface area contributed by atoms with Crippen molar-refractivity contribution in [2.75, 3.05) is 12.1 Å². The molecule has 1 N–H and O–H groups in total. The number of fused-ring (bicyclic) bond motifs is 4. The van der Waals surface area contributed by atoms with Crippen molar-refractivity contribution in [2.24, 2.45) is 5.92 Å². The Hall–Kier alpha value is -2.02. The Kier molecular flexibility index (Phi) is 3.74. The highest BCUT2D eigenvalue weighted by Gasteiger charge is 2.39. The third kappa shape index (κ3) is 2.44. The molecule has 5 heteroatoms. The summed E-state index contributed by atoms with van der Waals surface area (Å²) < 4.78 is 12.3. The van der Waals surface area contributed by atoms with Gasteiger partial charge in [0.15, 0.2) is 17.3 Å². The number of carbonyl (C=O) groups is 1. The summed E-state index contributed by atoms with van der Waals surface area (Å²) >= 11 is 2.38. The number of hydrogen-bond acceptors (Lipinski definition) is 4. The molecule has 0 spiro atoms. The molecular weight excluding hydrogens is 441 g/mol. The third-order valence-corrected chi connectivity index (χ3v) is 6.53. The Bertz CT molecular complexity index is 953. The second kappa shape index (κ2) is 6.01. The largest absolute Gasteiger partial charge is 0.454 e. The van der Waals surface area contributed by atoms with Gasteiger partial charge < -0.3 is 14.8 Å². The molecule has 0 unspecified atom stereocenters. The van der Waals surface area contributed by atoms with Crippen molar-refractivity contribution in [3.63, 3.8) is 0 Å². The normalized spacial score (nSPS) is 24.8. The SMILES string of the molecule is CC(=O)c1ccc2c(c1)[C@@H]1C=CC[C@@H]1[C@H](c1cc3c(cc1I)OCO3)N2. The molecule has 0 amide bonds. The van der Waals surface area contributed by atoms with Crippen LogP contribution in [-0.2, 0) is 0 Å². The zero-order chi connectivity index (χ0) is 17.8. The number of carbonyl (C=O) groups excluding carboxylic acids is 1. The molecular formula is C21H18INO3. The maximum absolute atomic E-state index is 11.8. The molecule has 132 valence electrons. The van der Waals surface area contributed by atoms with Gasteiger partial charge >= 0.3 is 0 Å². The monoisotopic (exact) mass is 459 g/mol. The first-order chi connectivity index (χ1) is 12.6. The van der Waals surface area contributed by atoms with E-state index in [-0.39, 0.29) is 18.6 Å². The fraction of sp³-hybridized carbons (Fsp3) is 0.286. The van der Waals surface area contributed by atoms with E-state index in [0.717, 1.165) is 29.2 Å². The highest BCUT2D eigenvalue weighted by Crippen LogP contribution is 2.51. The first-order valence-corrected chi connectivity index (χ1v) is 9.87. The Morgan fingerprint density at radius 3 is 2.77 bits per heavy atom. The van der Waals surface area contributed by atoms with Gasteiger partial charge in [0.1, 0.15) is 0 Å². The third-order valence-electron chi connectivity index (χ3n) is 5.60. The molecule has 2 aliphatic heterocycles. The molecule has 0 aromatic heterocycles. The van der Waals surface area contributed by atoms with Gasteiger partial charge in [0, 0.05) is 20.7 Å². The number of nitrogens with one attached hydrogen (secondary N) is 1. The van der Waals surface area contributed by atoms with Crippen LogP contribution in [0, 0.1) is 9.49 Å². The predicted octanol–water partition coefficient (Wildman–Crippen LogP) is 5.05. The van der Waals surface area contributed by atoms with Gasteiger partial charge in [-0.3, -0.25) is 4.79 Å². The molecule has 0 saturated carbocycles. The molecule has 1 aliphatic carbocycles. The average molecular weight is 459 g/mol. The van der Waals surface area contributed by atoms with Crippen molar-refractivity contribution in [3.8, 4) is 11.5 Å². The molecule has 0 radical (unpaired) electrons. The van der Waals surface area contributed by atoms with Gasteiger partial charge in [0.2, 0.25) is 6.79 Å².